The number of aromatic nitrogens is 5. The lowest BCUT2D eigenvalue weighted by molar-refractivity contribution is -0.130. The first-order chi connectivity index (χ1) is 15.1. The summed E-state index contributed by atoms with van der Waals surface area (Å²) in [6.07, 6.45) is 2.63. The minimum atomic E-state index is 0.184. The first-order valence-corrected chi connectivity index (χ1v) is 10.6. The maximum atomic E-state index is 12.3. The third-order valence-corrected chi connectivity index (χ3v) is 5.81. The summed E-state index contributed by atoms with van der Waals surface area (Å²) in [5.41, 5.74) is 5.65. The zero-order valence-electron chi connectivity index (χ0n) is 17.7. The highest BCUT2D eigenvalue weighted by atomic mass is 16.5. The van der Waals surface area contributed by atoms with Crippen LogP contribution in [0.2, 0.25) is 0 Å². The molecule has 1 amide bonds. The summed E-state index contributed by atoms with van der Waals surface area (Å²) in [7, 11) is 0. The number of nitrogens with zero attached hydrogens (tertiary/aromatic N) is 6. The molecule has 1 aliphatic heterocycles. The number of carbonyl (C=O) groups excluding carboxylic acids is 1. The number of hydrogen-bond acceptors (Lipinski definition) is 6. The SMILES string of the molecule is Cc1ccc(-c2nc(-c3ccc4c(c3)nnn4CCC(=O)N3CCCC3)no2)c(C)c1. The van der Waals surface area contributed by atoms with E-state index in [1.807, 2.05) is 42.2 Å². The van der Waals surface area contributed by atoms with Gasteiger partial charge in [0.05, 0.1) is 12.1 Å². The maximum absolute atomic E-state index is 12.3. The van der Waals surface area contributed by atoms with Gasteiger partial charge in [-0.15, -0.1) is 5.10 Å². The largest absolute Gasteiger partial charge is 0.343 e. The van der Waals surface area contributed by atoms with Crippen molar-refractivity contribution >= 4 is 16.9 Å². The van der Waals surface area contributed by atoms with Crippen LogP contribution in [0.4, 0.5) is 0 Å². The Morgan fingerprint density at radius 1 is 1.10 bits per heavy atom. The monoisotopic (exact) mass is 416 g/mol. The van der Waals surface area contributed by atoms with E-state index in [9.17, 15) is 4.79 Å². The highest BCUT2D eigenvalue weighted by Crippen LogP contribution is 2.27. The molecule has 0 spiro atoms. The number of hydrogen-bond donors (Lipinski definition) is 0. The molecular weight excluding hydrogens is 392 g/mol. The molecular formula is C23H24N6O2. The molecule has 0 atom stereocenters. The van der Waals surface area contributed by atoms with Crippen molar-refractivity contribution in [2.24, 2.45) is 0 Å². The maximum Gasteiger partial charge on any atom is 0.258 e. The molecule has 158 valence electrons. The van der Waals surface area contributed by atoms with Crippen molar-refractivity contribution in [1.29, 1.82) is 0 Å². The molecule has 4 aromatic rings. The van der Waals surface area contributed by atoms with Crippen molar-refractivity contribution in [3.8, 4) is 22.8 Å². The van der Waals surface area contributed by atoms with Crippen molar-refractivity contribution in [3.63, 3.8) is 0 Å². The van der Waals surface area contributed by atoms with E-state index >= 15 is 0 Å². The van der Waals surface area contributed by atoms with Gasteiger partial charge in [0.2, 0.25) is 11.7 Å². The van der Waals surface area contributed by atoms with Gasteiger partial charge in [0.1, 0.15) is 5.52 Å². The molecule has 8 nitrogen and oxygen atoms in total. The Kier molecular flexibility index (Phi) is 4.97. The molecule has 0 N–H and O–H groups in total. The third kappa shape index (κ3) is 3.81. The lowest BCUT2D eigenvalue weighted by Crippen LogP contribution is -2.28. The fraction of sp³-hybridized carbons (Fsp3) is 0.348. The minimum Gasteiger partial charge on any atom is -0.343 e. The number of fused-ring (bicyclic) bond motifs is 1. The molecule has 5 rings (SSSR count). The van der Waals surface area contributed by atoms with Gasteiger partial charge in [0.15, 0.2) is 0 Å². The zero-order chi connectivity index (χ0) is 21.4. The molecule has 0 radical (unpaired) electrons. The molecule has 8 heteroatoms. The smallest absolute Gasteiger partial charge is 0.258 e. The van der Waals surface area contributed by atoms with E-state index in [2.05, 4.69) is 33.4 Å². The van der Waals surface area contributed by atoms with E-state index in [0.29, 0.717) is 24.7 Å². The average molecular weight is 416 g/mol. The Balaban J connectivity index is 1.35. The Bertz CT molecular complexity index is 1250. The molecule has 0 unspecified atom stereocenters. The first kappa shape index (κ1) is 19.4. The average Bonchev–Trinajstić information content (AvgIpc) is 3.52. The van der Waals surface area contributed by atoms with Gasteiger partial charge in [-0.3, -0.25) is 4.79 Å². The van der Waals surface area contributed by atoms with Crippen LogP contribution >= 0.6 is 0 Å². The highest BCUT2D eigenvalue weighted by molar-refractivity contribution is 5.80. The molecule has 0 aliphatic carbocycles. The Labute approximate surface area is 179 Å². The lowest BCUT2D eigenvalue weighted by atomic mass is 10.1. The fourth-order valence-corrected chi connectivity index (χ4v) is 4.11. The quantitative estimate of drug-likeness (QED) is 0.492. The van der Waals surface area contributed by atoms with Crippen LogP contribution in [-0.2, 0) is 11.3 Å². The molecule has 1 saturated heterocycles. The molecule has 31 heavy (non-hydrogen) atoms. The van der Waals surface area contributed by atoms with Gasteiger partial charge in [0.25, 0.3) is 5.89 Å². The van der Waals surface area contributed by atoms with Crippen LogP contribution in [0.3, 0.4) is 0 Å². The summed E-state index contributed by atoms with van der Waals surface area (Å²) in [5.74, 6) is 1.19. The van der Waals surface area contributed by atoms with E-state index in [4.69, 9.17) is 4.52 Å². The third-order valence-electron chi connectivity index (χ3n) is 5.81. The van der Waals surface area contributed by atoms with Crippen LogP contribution in [-0.4, -0.2) is 49.0 Å². The number of likely N-dealkylation sites (tertiary alicyclic amines) is 1. The molecule has 0 bridgehead atoms. The summed E-state index contributed by atoms with van der Waals surface area (Å²) in [5, 5.41) is 12.7. The standard InChI is InChI=1S/C23H24N6O2/c1-15-5-7-18(16(2)13-15)23-24-22(26-31-23)17-6-8-20-19(14-17)25-27-29(20)12-9-21(30)28-10-3-4-11-28/h5-8,13-14H,3-4,9-12H2,1-2H3. The van der Waals surface area contributed by atoms with Crippen molar-refractivity contribution in [1.82, 2.24) is 30.0 Å². The van der Waals surface area contributed by atoms with Crippen LogP contribution in [0.15, 0.2) is 40.9 Å². The van der Waals surface area contributed by atoms with Crippen LogP contribution in [0.5, 0.6) is 0 Å². The zero-order valence-corrected chi connectivity index (χ0v) is 17.7. The van der Waals surface area contributed by atoms with Crippen molar-refractivity contribution < 1.29 is 9.32 Å². The van der Waals surface area contributed by atoms with Crippen LogP contribution < -0.4 is 0 Å². The Morgan fingerprint density at radius 3 is 2.74 bits per heavy atom. The first-order valence-electron chi connectivity index (χ1n) is 10.6. The Hall–Kier alpha value is -3.55. The summed E-state index contributed by atoms with van der Waals surface area (Å²) >= 11 is 0. The fourth-order valence-electron chi connectivity index (χ4n) is 4.11. The number of aryl methyl sites for hydroxylation is 3. The Morgan fingerprint density at radius 2 is 1.94 bits per heavy atom. The molecule has 2 aromatic carbocycles. The molecule has 2 aromatic heterocycles. The van der Waals surface area contributed by atoms with E-state index < -0.39 is 0 Å². The van der Waals surface area contributed by atoms with Gasteiger partial charge in [-0.05, 0) is 56.5 Å². The van der Waals surface area contributed by atoms with Gasteiger partial charge in [-0.1, -0.05) is 28.1 Å². The highest BCUT2D eigenvalue weighted by Gasteiger charge is 2.18. The number of amides is 1. The predicted octanol–water partition coefficient (Wildman–Crippen LogP) is 3.78. The second kappa shape index (κ2) is 7.94. The van der Waals surface area contributed by atoms with Crippen LogP contribution in [0, 0.1) is 13.8 Å². The summed E-state index contributed by atoms with van der Waals surface area (Å²) in [6, 6.07) is 11.9. The summed E-state index contributed by atoms with van der Waals surface area (Å²) < 4.78 is 7.29. The number of benzene rings is 2. The predicted molar refractivity (Wildman–Crippen MR) is 116 cm³/mol. The number of carbonyl (C=O) groups is 1. The summed E-state index contributed by atoms with van der Waals surface area (Å²) in [6.45, 7) is 6.35. The van der Waals surface area contributed by atoms with Gasteiger partial charge in [-0.25, -0.2) is 4.68 Å². The van der Waals surface area contributed by atoms with Gasteiger partial charge >= 0.3 is 0 Å². The van der Waals surface area contributed by atoms with E-state index in [1.165, 1.54) is 5.56 Å². The van der Waals surface area contributed by atoms with Gasteiger partial charge in [-0.2, -0.15) is 4.98 Å². The number of rotatable bonds is 5. The van der Waals surface area contributed by atoms with E-state index in [1.54, 1.807) is 4.68 Å². The van der Waals surface area contributed by atoms with Crippen LogP contribution in [0.1, 0.15) is 30.4 Å². The van der Waals surface area contributed by atoms with Gasteiger partial charge in [0, 0.05) is 30.6 Å². The molecule has 3 heterocycles. The normalized spacial score (nSPS) is 13.9. The van der Waals surface area contributed by atoms with Gasteiger partial charge < -0.3 is 9.42 Å². The topological polar surface area (TPSA) is 89.9 Å². The van der Waals surface area contributed by atoms with E-state index in [-0.39, 0.29) is 5.91 Å². The lowest BCUT2D eigenvalue weighted by Gasteiger charge is -2.14. The van der Waals surface area contributed by atoms with Crippen molar-refractivity contribution in [2.45, 2.75) is 39.7 Å². The van der Waals surface area contributed by atoms with Crippen molar-refractivity contribution in [3.05, 3.63) is 47.5 Å². The second-order valence-corrected chi connectivity index (χ2v) is 8.10. The molecule has 0 saturated carbocycles. The second-order valence-electron chi connectivity index (χ2n) is 8.10. The molecule has 1 fully saturated rings. The van der Waals surface area contributed by atoms with Crippen LogP contribution in [0.25, 0.3) is 33.9 Å². The van der Waals surface area contributed by atoms with E-state index in [0.717, 1.165) is 53.7 Å². The molecule has 1 aliphatic rings. The summed E-state index contributed by atoms with van der Waals surface area (Å²) in [4.78, 5) is 18.8. The van der Waals surface area contributed by atoms with Crippen molar-refractivity contribution in [2.75, 3.05) is 13.1 Å². The minimum absolute atomic E-state index is 0.184.